The van der Waals surface area contributed by atoms with E-state index in [1.54, 1.807) is 26.0 Å². The fourth-order valence-corrected chi connectivity index (χ4v) is 2.27. The van der Waals surface area contributed by atoms with Crippen molar-refractivity contribution < 1.29 is 13.6 Å². The van der Waals surface area contributed by atoms with E-state index in [-0.39, 0.29) is 6.16 Å². The number of terminal acetylenes is 1. The molecule has 0 rings (SSSR count). The van der Waals surface area contributed by atoms with Crippen molar-refractivity contribution in [3.8, 4) is 12.3 Å². The summed E-state index contributed by atoms with van der Waals surface area (Å²) in [4.78, 5) is 0. The molecule has 0 aliphatic carbocycles. The van der Waals surface area contributed by atoms with Crippen LogP contribution in [-0.4, -0.2) is 18.9 Å². The zero-order valence-corrected chi connectivity index (χ0v) is 10.0. The van der Waals surface area contributed by atoms with Gasteiger partial charge in [0.05, 0.1) is 6.16 Å². The maximum Gasteiger partial charge on any atom is 0.335 e. The van der Waals surface area contributed by atoms with Gasteiger partial charge in [0.25, 0.3) is 0 Å². The molecule has 0 aromatic carbocycles. The van der Waals surface area contributed by atoms with Crippen LogP contribution in [0.25, 0.3) is 0 Å². The molecule has 0 bridgehead atoms. The van der Waals surface area contributed by atoms with Gasteiger partial charge < -0.3 is 4.52 Å². The molecule has 0 saturated carbocycles. The third-order valence-electron chi connectivity index (χ3n) is 1.56. The lowest BCUT2D eigenvalue weighted by Gasteiger charge is -2.24. The van der Waals surface area contributed by atoms with Gasteiger partial charge in [0.1, 0.15) is 5.60 Å². The fourth-order valence-electron chi connectivity index (χ4n) is 0.758. The summed E-state index contributed by atoms with van der Waals surface area (Å²) in [5.74, 6) is 2.41. The highest BCUT2D eigenvalue weighted by atomic mass is 31.2. The van der Waals surface area contributed by atoms with Crippen LogP contribution in [-0.2, 0) is 13.6 Å². The maximum atomic E-state index is 11.9. The van der Waals surface area contributed by atoms with Crippen LogP contribution in [0.4, 0.5) is 0 Å². The second-order valence-corrected chi connectivity index (χ2v) is 5.43. The van der Waals surface area contributed by atoms with Crippen molar-refractivity contribution in [2.45, 2.75) is 26.4 Å². The third kappa shape index (κ3) is 4.62. The van der Waals surface area contributed by atoms with Crippen LogP contribution < -0.4 is 0 Å². The van der Waals surface area contributed by atoms with Gasteiger partial charge in [0.2, 0.25) is 0 Å². The molecule has 0 aliphatic rings. The van der Waals surface area contributed by atoms with Crippen molar-refractivity contribution in [1.29, 1.82) is 0 Å². The van der Waals surface area contributed by atoms with Gasteiger partial charge in [-0.25, -0.2) is 0 Å². The van der Waals surface area contributed by atoms with E-state index in [0.717, 1.165) is 0 Å². The van der Waals surface area contributed by atoms with Crippen LogP contribution >= 0.6 is 7.60 Å². The molecule has 0 saturated heterocycles. The first-order valence-corrected chi connectivity index (χ1v) is 6.06. The fraction of sp³-hybridized carbons (Fsp3) is 0.600. The van der Waals surface area contributed by atoms with Gasteiger partial charge in [-0.3, -0.25) is 9.09 Å². The third-order valence-corrected chi connectivity index (χ3v) is 3.51. The standard InChI is InChI=1S/C10H17O3P/c1-6-8-9-14(11,12-5)13-10(3,4)7-2/h2,6,8H,9H2,1,3-5H3. The summed E-state index contributed by atoms with van der Waals surface area (Å²) >= 11 is 0. The average Bonchev–Trinajstić information content (AvgIpc) is 2.14. The molecule has 0 aromatic rings. The van der Waals surface area contributed by atoms with Crippen LogP contribution in [0.15, 0.2) is 12.2 Å². The van der Waals surface area contributed by atoms with Crippen LogP contribution in [0, 0.1) is 12.3 Å². The second kappa shape index (κ2) is 5.36. The highest BCUT2D eigenvalue weighted by Crippen LogP contribution is 2.50. The van der Waals surface area contributed by atoms with Gasteiger partial charge in [0.15, 0.2) is 0 Å². The van der Waals surface area contributed by atoms with Crippen molar-refractivity contribution in [2.75, 3.05) is 13.3 Å². The number of hydrogen-bond donors (Lipinski definition) is 0. The summed E-state index contributed by atoms with van der Waals surface area (Å²) < 4.78 is 22.1. The minimum absolute atomic E-state index is 0.241. The van der Waals surface area contributed by atoms with Crippen LogP contribution in [0.5, 0.6) is 0 Å². The number of allylic oxidation sites excluding steroid dienone is 2. The Kier molecular flexibility index (Phi) is 5.15. The Balaban J connectivity index is 4.58. The Morgan fingerprint density at radius 2 is 2.14 bits per heavy atom. The van der Waals surface area contributed by atoms with Crippen LogP contribution in [0.1, 0.15) is 20.8 Å². The molecule has 0 heterocycles. The van der Waals surface area contributed by atoms with Gasteiger partial charge in [-0.05, 0) is 20.8 Å². The van der Waals surface area contributed by atoms with E-state index < -0.39 is 13.2 Å². The Morgan fingerprint density at radius 3 is 2.50 bits per heavy atom. The molecule has 0 amide bonds. The van der Waals surface area contributed by atoms with E-state index in [2.05, 4.69) is 5.92 Å². The number of rotatable bonds is 5. The normalized spacial score (nSPS) is 16.5. The summed E-state index contributed by atoms with van der Waals surface area (Å²) in [7, 11) is -1.73. The Hall–Kier alpha value is -0.550. The predicted octanol–water partition coefficient (Wildman–Crippen LogP) is 2.83. The first-order chi connectivity index (χ1) is 6.39. The van der Waals surface area contributed by atoms with Crippen molar-refractivity contribution in [2.24, 2.45) is 0 Å². The topological polar surface area (TPSA) is 35.5 Å². The Morgan fingerprint density at radius 1 is 1.57 bits per heavy atom. The Bertz CT molecular complexity index is 286. The van der Waals surface area contributed by atoms with Crippen molar-refractivity contribution in [1.82, 2.24) is 0 Å². The maximum absolute atomic E-state index is 11.9. The molecule has 4 heteroatoms. The van der Waals surface area contributed by atoms with E-state index in [1.165, 1.54) is 7.11 Å². The van der Waals surface area contributed by atoms with Crippen LogP contribution in [0.3, 0.4) is 0 Å². The van der Waals surface area contributed by atoms with Gasteiger partial charge in [-0.2, -0.15) is 0 Å². The summed E-state index contributed by atoms with van der Waals surface area (Å²) in [5.41, 5.74) is -0.868. The smallest absolute Gasteiger partial charge is 0.312 e. The highest BCUT2D eigenvalue weighted by molar-refractivity contribution is 7.54. The zero-order chi connectivity index (χ0) is 11.2. The lowest BCUT2D eigenvalue weighted by Crippen LogP contribution is -2.21. The lowest BCUT2D eigenvalue weighted by molar-refractivity contribution is 0.138. The van der Waals surface area contributed by atoms with Crippen LogP contribution in [0.2, 0.25) is 0 Å². The van der Waals surface area contributed by atoms with Crippen molar-refractivity contribution in [3.63, 3.8) is 0 Å². The summed E-state index contributed by atoms with van der Waals surface area (Å²) in [5, 5.41) is 0. The number of hydrogen-bond acceptors (Lipinski definition) is 3. The highest BCUT2D eigenvalue weighted by Gasteiger charge is 2.29. The largest absolute Gasteiger partial charge is 0.335 e. The molecule has 0 spiro atoms. The molecular formula is C10H17O3P. The molecular weight excluding hydrogens is 199 g/mol. The molecule has 1 atom stereocenters. The summed E-state index contributed by atoms with van der Waals surface area (Å²) in [6.07, 6.45) is 8.99. The quantitative estimate of drug-likeness (QED) is 0.402. The lowest BCUT2D eigenvalue weighted by atomic mass is 10.2. The first kappa shape index (κ1) is 13.4. The zero-order valence-electron chi connectivity index (χ0n) is 9.11. The van der Waals surface area contributed by atoms with Gasteiger partial charge >= 0.3 is 7.60 Å². The van der Waals surface area contributed by atoms with E-state index >= 15 is 0 Å². The van der Waals surface area contributed by atoms with Gasteiger partial charge in [-0.15, -0.1) is 6.42 Å². The molecule has 0 fully saturated rings. The van der Waals surface area contributed by atoms with E-state index in [4.69, 9.17) is 15.5 Å². The first-order valence-electron chi connectivity index (χ1n) is 4.33. The molecule has 0 radical (unpaired) electrons. The van der Waals surface area contributed by atoms with Crippen molar-refractivity contribution in [3.05, 3.63) is 12.2 Å². The SMILES string of the molecule is C#CC(C)(C)OP(=O)(CC=CC)OC. The molecule has 0 aromatic heterocycles. The average molecular weight is 216 g/mol. The van der Waals surface area contributed by atoms with Gasteiger partial charge in [-0.1, -0.05) is 18.1 Å². The Labute approximate surface area is 86.0 Å². The minimum atomic E-state index is -3.08. The molecule has 0 N–H and O–H groups in total. The van der Waals surface area contributed by atoms with Gasteiger partial charge in [0, 0.05) is 7.11 Å². The van der Waals surface area contributed by atoms with E-state index in [9.17, 15) is 4.57 Å². The predicted molar refractivity (Wildman–Crippen MR) is 58.3 cm³/mol. The molecule has 3 nitrogen and oxygen atoms in total. The summed E-state index contributed by atoms with van der Waals surface area (Å²) in [6, 6.07) is 0. The monoisotopic (exact) mass is 216 g/mol. The molecule has 80 valence electrons. The second-order valence-electron chi connectivity index (χ2n) is 3.29. The molecule has 1 unspecified atom stereocenters. The molecule has 14 heavy (non-hydrogen) atoms. The van der Waals surface area contributed by atoms with Crippen molar-refractivity contribution >= 4 is 7.60 Å². The minimum Gasteiger partial charge on any atom is -0.312 e. The van der Waals surface area contributed by atoms with E-state index in [1.807, 2.05) is 6.92 Å². The molecule has 0 aliphatic heterocycles. The summed E-state index contributed by atoms with van der Waals surface area (Å²) in [6.45, 7) is 5.19. The van der Waals surface area contributed by atoms with E-state index in [0.29, 0.717) is 0 Å².